The highest BCUT2D eigenvalue weighted by atomic mass is 16.4. The molecule has 6 nitrogen and oxygen atoms in total. The molecule has 6 heteroatoms. The molecule has 0 aromatic rings. The first-order valence-electron chi connectivity index (χ1n) is 6.88. The first-order chi connectivity index (χ1) is 8.96. The minimum Gasteiger partial charge on any atom is -0.481 e. The third-order valence-corrected chi connectivity index (χ3v) is 4.40. The average Bonchev–Trinajstić information content (AvgIpc) is 3.17. The number of carbonyl (C=O) groups excluding carboxylic acids is 1. The van der Waals surface area contributed by atoms with Crippen LogP contribution in [0.5, 0.6) is 0 Å². The second kappa shape index (κ2) is 5.36. The van der Waals surface area contributed by atoms with E-state index in [1.807, 2.05) is 0 Å². The Kier molecular flexibility index (Phi) is 3.99. The van der Waals surface area contributed by atoms with E-state index in [2.05, 4.69) is 5.32 Å². The summed E-state index contributed by atoms with van der Waals surface area (Å²) in [7, 11) is 1.66. The number of aliphatic hydroxyl groups excluding tert-OH is 1. The van der Waals surface area contributed by atoms with E-state index in [0.717, 1.165) is 25.7 Å². The number of urea groups is 1. The van der Waals surface area contributed by atoms with Crippen molar-refractivity contribution in [3.8, 4) is 0 Å². The fourth-order valence-electron chi connectivity index (χ4n) is 2.68. The summed E-state index contributed by atoms with van der Waals surface area (Å²) in [4.78, 5) is 24.5. The number of carboxylic acids is 1. The zero-order chi connectivity index (χ0) is 14.0. The average molecular weight is 270 g/mol. The standard InChI is InChI=1S/C13H22N2O4/c1-15(9-4-2-3-5-10(9)16)12(19)14-8-13(6-7-13)11(17)18/h9-10,16H,2-8H2,1H3,(H,14,19)(H,17,18). The topological polar surface area (TPSA) is 89.9 Å². The fraction of sp³-hybridized carbons (Fsp3) is 0.846. The lowest BCUT2D eigenvalue weighted by molar-refractivity contribution is -0.143. The van der Waals surface area contributed by atoms with Crippen molar-refractivity contribution in [2.24, 2.45) is 5.41 Å². The minimum absolute atomic E-state index is 0.159. The summed E-state index contributed by atoms with van der Waals surface area (Å²) in [5.74, 6) is -0.840. The number of hydrogen-bond donors (Lipinski definition) is 3. The van der Waals surface area contributed by atoms with Gasteiger partial charge in [-0.1, -0.05) is 12.8 Å². The van der Waals surface area contributed by atoms with E-state index in [0.29, 0.717) is 12.8 Å². The Balaban J connectivity index is 1.84. The quantitative estimate of drug-likeness (QED) is 0.704. The summed E-state index contributed by atoms with van der Waals surface area (Å²) in [6, 6.07) is -0.452. The van der Waals surface area contributed by atoms with Crippen LogP contribution in [0.4, 0.5) is 4.79 Å². The Hall–Kier alpha value is -1.30. The second-order valence-electron chi connectivity index (χ2n) is 5.77. The van der Waals surface area contributed by atoms with Gasteiger partial charge in [0.05, 0.1) is 17.6 Å². The van der Waals surface area contributed by atoms with Gasteiger partial charge in [0, 0.05) is 13.6 Å². The van der Waals surface area contributed by atoms with Gasteiger partial charge in [0.15, 0.2) is 0 Å². The van der Waals surface area contributed by atoms with Gasteiger partial charge in [-0.2, -0.15) is 0 Å². The summed E-state index contributed by atoms with van der Waals surface area (Å²) in [5, 5.41) is 21.6. The fourth-order valence-corrected chi connectivity index (χ4v) is 2.68. The van der Waals surface area contributed by atoms with Crippen molar-refractivity contribution >= 4 is 12.0 Å². The molecule has 0 heterocycles. The number of hydrogen-bond acceptors (Lipinski definition) is 3. The van der Waals surface area contributed by atoms with Crippen molar-refractivity contribution in [1.29, 1.82) is 0 Å². The predicted molar refractivity (Wildman–Crippen MR) is 68.7 cm³/mol. The molecule has 0 radical (unpaired) electrons. The Bertz CT molecular complexity index is 368. The highest BCUT2D eigenvalue weighted by Gasteiger charge is 2.50. The molecule has 2 unspecified atom stereocenters. The summed E-state index contributed by atoms with van der Waals surface area (Å²) in [6.07, 6.45) is 4.31. The molecule has 2 aliphatic carbocycles. The second-order valence-corrected chi connectivity index (χ2v) is 5.77. The van der Waals surface area contributed by atoms with Gasteiger partial charge >= 0.3 is 12.0 Å². The molecule has 2 fully saturated rings. The van der Waals surface area contributed by atoms with Gasteiger partial charge in [-0.25, -0.2) is 4.79 Å². The van der Waals surface area contributed by atoms with Crippen LogP contribution in [0.25, 0.3) is 0 Å². The molecule has 2 rings (SSSR count). The van der Waals surface area contributed by atoms with Crippen LogP contribution in [0.2, 0.25) is 0 Å². The van der Waals surface area contributed by atoms with Gasteiger partial charge in [0.2, 0.25) is 0 Å². The van der Waals surface area contributed by atoms with Gasteiger partial charge < -0.3 is 20.4 Å². The smallest absolute Gasteiger partial charge is 0.317 e. The van der Waals surface area contributed by atoms with Crippen LogP contribution in [-0.4, -0.2) is 52.9 Å². The van der Waals surface area contributed by atoms with Crippen LogP contribution in [0, 0.1) is 5.41 Å². The number of nitrogens with one attached hydrogen (secondary N) is 1. The Labute approximate surface area is 112 Å². The first kappa shape index (κ1) is 14.1. The number of carbonyl (C=O) groups is 2. The summed E-state index contributed by atoms with van der Waals surface area (Å²) in [5.41, 5.74) is -0.748. The normalized spacial score (nSPS) is 28.5. The molecule has 0 bridgehead atoms. The maximum absolute atomic E-state index is 12.0. The molecule has 0 aromatic carbocycles. The largest absolute Gasteiger partial charge is 0.481 e. The minimum atomic E-state index is -0.840. The molecule has 0 aromatic heterocycles. The van der Waals surface area contributed by atoms with Crippen LogP contribution in [0.15, 0.2) is 0 Å². The molecule has 0 spiro atoms. The summed E-state index contributed by atoms with van der Waals surface area (Å²) >= 11 is 0. The number of aliphatic carboxylic acids is 1. The van der Waals surface area contributed by atoms with E-state index in [1.54, 1.807) is 7.05 Å². The van der Waals surface area contributed by atoms with Crippen LogP contribution in [0.1, 0.15) is 38.5 Å². The Morgan fingerprint density at radius 3 is 2.47 bits per heavy atom. The molecular formula is C13H22N2O4. The lowest BCUT2D eigenvalue weighted by Gasteiger charge is -2.35. The summed E-state index contributed by atoms with van der Waals surface area (Å²) in [6.45, 7) is 0.175. The lowest BCUT2D eigenvalue weighted by atomic mass is 9.92. The molecule has 108 valence electrons. The van der Waals surface area contributed by atoms with Gasteiger partial charge in [0.1, 0.15) is 0 Å². The third-order valence-electron chi connectivity index (χ3n) is 4.40. The van der Waals surface area contributed by atoms with Crippen LogP contribution in [0.3, 0.4) is 0 Å². The third kappa shape index (κ3) is 3.00. The number of aliphatic hydroxyl groups is 1. The van der Waals surface area contributed by atoms with E-state index in [1.165, 1.54) is 4.90 Å². The molecule has 2 amide bonds. The Morgan fingerprint density at radius 1 is 1.32 bits per heavy atom. The SMILES string of the molecule is CN(C(=O)NCC1(C(=O)O)CC1)C1CCCCC1O. The van der Waals surface area contributed by atoms with E-state index in [9.17, 15) is 14.7 Å². The molecule has 0 aliphatic heterocycles. The Morgan fingerprint density at radius 2 is 1.95 bits per heavy atom. The van der Waals surface area contributed by atoms with Crippen molar-refractivity contribution in [2.45, 2.75) is 50.7 Å². The molecule has 2 aliphatic rings. The maximum Gasteiger partial charge on any atom is 0.317 e. The van der Waals surface area contributed by atoms with Crippen LogP contribution < -0.4 is 5.32 Å². The highest BCUT2D eigenvalue weighted by molar-refractivity contribution is 5.80. The molecule has 3 N–H and O–H groups in total. The molecule has 19 heavy (non-hydrogen) atoms. The number of rotatable bonds is 4. The number of carboxylic acid groups (broad SMARTS) is 1. The van der Waals surface area contributed by atoms with Gasteiger partial charge in [-0.3, -0.25) is 4.79 Å². The van der Waals surface area contributed by atoms with Gasteiger partial charge in [-0.15, -0.1) is 0 Å². The molecule has 0 saturated heterocycles. The monoisotopic (exact) mass is 270 g/mol. The van der Waals surface area contributed by atoms with Gasteiger partial charge in [-0.05, 0) is 25.7 Å². The molecule has 2 saturated carbocycles. The number of likely N-dealkylation sites (N-methyl/N-ethyl adjacent to an activating group) is 1. The highest BCUT2D eigenvalue weighted by Crippen LogP contribution is 2.45. The van der Waals surface area contributed by atoms with Crippen molar-refractivity contribution in [1.82, 2.24) is 10.2 Å². The number of nitrogens with zero attached hydrogens (tertiary/aromatic N) is 1. The van der Waals surface area contributed by atoms with Crippen LogP contribution >= 0.6 is 0 Å². The zero-order valence-electron chi connectivity index (χ0n) is 11.3. The van der Waals surface area contributed by atoms with E-state index in [-0.39, 0.29) is 18.6 Å². The van der Waals surface area contributed by atoms with Crippen molar-refractivity contribution < 1.29 is 19.8 Å². The zero-order valence-corrected chi connectivity index (χ0v) is 11.3. The van der Waals surface area contributed by atoms with E-state index in [4.69, 9.17) is 5.11 Å². The number of amides is 2. The van der Waals surface area contributed by atoms with Crippen molar-refractivity contribution in [3.63, 3.8) is 0 Å². The first-order valence-corrected chi connectivity index (χ1v) is 6.88. The van der Waals surface area contributed by atoms with Crippen LogP contribution in [-0.2, 0) is 4.79 Å². The van der Waals surface area contributed by atoms with E-state index >= 15 is 0 Å². The van der Waals surface area contributed by atoms with Crippen molar-refractivity contribution in [2.75, 3.05) is 13.6 Å². The maximum atomic E-state index is 12.0. The van der Waals surface area contributed by atoms with Gasteiger partial charge in [0.25, 0.3) is 0 Å². The van der Waals surface area contributed by atoms with Crippen molar-refractivity contribution in [3.05, 3.63) is 0 Å². The lowest BCUT2D eigenvalue weighted by Crippen LogP contribution is -2.51. The summed E-state index contributed by atoms with van der Waals surface area (Å²) < 4.78 is 0. The molecular weight excluding hydrogens is 248 g/mol. The molecule has 2 atom stereocenters. The van der Waals surface area contributed by atoms with E-state index < -0.39 is 17.5 Å². The predicted octanol–water partition coefficient (Wildman–Crippen LogP) is 0.796.